The largest absolute Gasteiger partial charge is 0.296 e. The standard InChI is InChI=1S/C21H21FN2O2S/c22-19-8-10-20(11-9-19)27(25,26)24-14-12-23(13-15-24)16-18-6-3-5-17-4-1-2-7-21(17)18/h1-11H,12-16H2. The number of halogens is 1. The Morgan fingerprint density at radius 1 is 0.815 bits per heavy atom. The molecule has 140 valence electrons. The van der Waals surface area contributed by atoms with Crippen molar-refractivity contribution in [3.05, 3.63) is 78.1 Å². The highest BCUT2D eigenvalue weighted by Crippen LogP contribution is 2.22. The SMILES string of the molecule is O=S(=O)(c1ccc(F)cc1)N1CCN(Cc2cccc3ccccc23)CC1. The van der Waals surface area contributed by atoms with Gasteiger partial charge in [-0.15, -0.1) is 0 Å². The summed E-state index contributed by atoms with van der Waals surface area (Å²) in [4.78, 5) is 2.42. The van der Waals surface area contributed by atoms with E-state index in [9.17, 15) is 12.8 Å². The second kappa shape index (κ2) is 7.38. The van der Waals surface area contributed by atoms with E-state index in [-0.39, 0.29) is 4.90 Å². The predicted molar refractivity (Wildman–Crippen MR) is 104 cm³/mol. The Morgan fingerprint density at radius 3 is 2.22 bits per heavy atom. The minimum Gasteiger partial charge on any atom is -0.296 e. The smallest absolute Gasteiger partial charge is 0.243 e. The summed E-state index contributed by atoms with van der Waals surface area (Å²) in [5, 5.41) is 2.45. The molecule has 0 amide bonds. The summed E-state index contributed by atoms with van der Waals surface area (Å²) >= 11 is 0. The molecule has 3 aromatic carbocycles. The molecule has 1 fully saturated rings. The van der Waals surface area contributed by atoms with Crippen molar-refractivity contribution in [1.29, 1.82) is 0 Å². The molecule has 1 heterocycles. The zero-order valence-corrected chi connectivity index (χ0v) is 15.7. The van der Waals surface area contributed by atoms with E-state index >= 15 is 0 Å². The first kappa shape index (κ1) is 18.1. The molecule has 0 aliphatic carbocycles. The molecule has 4 rings (SSSR count). The molecule has 1 saturated heterocycles. The number of nitrogens with zero attached hydrogens (tertiary/aromatic N) is 2. The van der Waals surface area contributed by atoms with E-state index < -0.39 is 15.8 Å². The van der Waals surface area contributed by atoms with Crippen molar-refractivity contribution in [1.82, 2.24) is 9.21 Å². The second-order valence-corrected chi connectivity index (χ2v) is 8.71. The van der Waals surface area contributed by atoms with Crippen LogP contribution in [0.4, 0.5) is 4.39 Å². The van der Waals surface area contributed by atoms with Crippen molar-refractivity contribution in [2.45, 2.75) is 11.4 Å². The molecule has 0 saturated carbocycles. The molecule has 6 heteroatoms. The van der Waals surface area contributed by atoms with Crippen molar-refractivity contribution in [3.8, 4) is 0 Å². The molecule has 0 aromatic heterocycles. The van der Waals surface area contributed by atoms with Crippen LogP contribution in [0.15, 0.2) is 71.6 Å². The molecule has 0 radical (unpaired) electrons. The van der Waals surface area contributed by atoms with Crippen molar-refractivity contribution in [2.24, 2.45) is 0 Å². The Hall–Kier alpha value is -2.28. The van der Waals surface area contributed by atoms with Crippen LogP contribution in [0.1, 0.15) is 5.56 Å². The number of fused-ring (bicyclic) bond motifs is 1. The van der Waals surface area contributed by atoms with Gasteiger partial charge in [-0.05, 0) is 40.6 Å². The van der Waals surface area contributed by atoms with Gasteiger partial charge in [-0.2, -0.15) is 4.31 Å². The van der Waals surface area contributed by atoms with Crippen molar-refractivity contribution >= 4 is 20.8 Å². The molecule has 1 aliphatic rings. The first-order chi connectivity index (χ1) is 13.0. The number of hydrogen-bond donors (Lipinski definition) is 0. The maximum atomic E-state index is 13.1. The van der Waals surface area contributed by atoms with Crippen LogP contribution in [0.3, 0.4) is 0 Å². The third-order valence-electron chi connectivity index (χ3n) is 5.06. The van der Waals surface area contributed by atoms with Crippen LogP contribution in [0, 0.1) is 5.82 Å². The summed E-state index contributed by atoms with van der Waals surface area (Å²) in [6.07, 6.45) is 0. The van der Waals surface area contributed by atoms with E-state index in [1.165, 1.54) is 44.9 Å². The van der Waals surface area contributed by atoms with Crippen molar-refractivity contribution < 1.29 is 12.8 Å². The summed E-state index contributed by atoms with van der Waals surface area (Å²) in [6, 6.07) is 19.6. The zero-order chi connectivity index (χ0) is 18.9. The minimum atomic E-state index is -3.57. The Labute approximate surface area is 158 Å². The first-order valence-corrected chi connectivity index (χ1v) is 10.4. The lowest BCUT2D eigenvalue weighted by Gasteiger charge is -2.34. The van der Waals surface area contributed by atoms with Crippen molar-refractivity contribution in [3.63, 3.8) is 0 Å². The number of benzene rings is 3. The van der Waals surface area contributed by atoms with E-state index in [2.05, 4.69) is 35.2 Å². The van der Waals surface area contributed by atoms with Crippen LogP contribution in [-0.4, -0.2) is 43.8 Å². The highest BCUT2D eigenvalue weighted by atomic mass is 32.2. The van der Waals surface area contributed by atoms with Gasteiger partial charge >= 0.3 is 0 Å². The van der Waals surface area contributed by atoms with Crippen LogP contribution in [-0.2, 0) is 16.6 Å². The second-order valence-electron chi connectivity index (χ2n) is 6.77. The molecule has 0 N–H and O–H groups in total. The summed E-state index contributed by atoms with van der Waals surface area (Å²) in [5.74, 6) is -0.436. The van der Waals surface area contributed by atoms with Crippen LogP contribution < -0.4 is 0 Å². The van der Waals surface area contributed by atoms with E-state index in [1.807, 2.05) is 12.1 Å². The third kappa shape index (κ3) is 3.74. The molecule has 0 bridgehead atoms. The Kier molecular flexibility index (Phi) is 4.95. The van der Waals surface area contributed by atoms with Crippen LogP contribution in [0.25, 0.3) is 10.8 Å². The van der Waals surface area contributed by atoms with E-state index in [1.54, 1.807) is 0 Å². The number of rotatable bonds is 4. The van der Waals surface area contributed by atoms with Gasteiger partial charge in [0.15, 0.2) is 0 Å². The van der Waals surface area contributed by atoms with Gasteiger partial charge in [0, 0.05) is 32.7 Å². The monoisotopic (exact) mass is 384 g/mol. The van der Waals surface area contributed by atoms with E-state index in [0.717, 1.165) is 6.54 Å². The summed E-state index contributed by atoms with van der Waals surface area (Å²) in [5.41, 5.74) is 1.25. The van der Waals surface area contributed by atoms with Gasteiger partial charge in [-0.1, -0.05) is 42.5 Å². The fourth-order valence-electron chi connectivity index (χ4n) is 3.55. The molecule has 27 heavy (non-hydrogen) atoms. The molecular weight excluding hydrogens is 363 g/mol. The average molecular weight is 384 g/mol. The third-order valence-corrected chi connectivity index (χ3v) is 6.97. The lowest BCUT2D eigenvalue weighted by molar-refractivity contribution is 0.182. The predicted octanol–water partition coefficient (Wildman–Crippen LogP) is 3.49. The zero-order valence-electron chi connectivity index (χ0n) is 14.9. The van der Waals surface area contributed by atoms with Gasteiger partial charge in [0.2, 0.25) is 10.0 Å². The fourth-order valence-corrected chi connectivity index (χ4v) is 4.98. The van der Waals surface area contributed by atoms with Gasteiger partial charge in [-0.25, -0.2) is 12.8 Å². The summed E-state index contributed by atoms with van der Waals surface area (Å²) in [6.45, 7) is 3.01. The molecule has 0 spiro atoms. The maximum absolute atomic E-state index is 13.1. The van der Waals surface area contributed by atoms with Gasteiger partial charge in [0.25, 0.3) is 0 Å². The summed E-state index contributed by atoms with van der Waals surface area (Å²) < 4.78 is 40.0. The number of hydrogen-bond acceptors (Lipinski definition) is 3. The molecule has 1 aliphatic heterocycles. The minimum absolute atomic E-state index is 0.145. The van der Waals surface area contributed by atoms with Crippen LogP contribution in [0.5, 0.6) is 0 Å². The lowest BCUT2D eigenvalue weighted by Crippen LogP contribution is -2.48. The Bertz CT molecular complexity index is 1040. The molecular formula is C21H21FN2O2S. The molecule has 3 aromatic rings. The topological polar surface area (TPSA) is 40.6 Å². The molecule has 0 unspecified atom stereocenters. The van der Waals surface area contributed by atoms with E-state index in [0.29, 0.717) is 26.2 Å². The number of piperazine rings is 1. The van der Waals surface area contributed by atoms with Crippen LogP contribution in [0.2, 0.25) is 0 Å². The van der Waals surface area contributed by atoms with E-state index in [4.69, 9.17) is 0 Å². The maximum Gasteiger partial charge on any atom is 0.243 e. The fraction of sp³-hybridized carbons (Fsp3) is 0.238. The van der Waals surface area contributed by atoms with Gasteiger partial charge < -0.3 is 0 Å². The first-order valence-electron chi connectivity index (χ1n) is 8.99. The molecule has 0 atom stereocenters. The summed E-state index contributed by atoms with van der Waals surface area (Å²) in [7, 11) is -3.57. The lowest BCUT2D eigenvalue weighted by atomic mass is 10.0. The van der Waals surface area contributed by atoms with Crippen molar-refractivity contribution in [2.75, 3.05) is 26.2 Å². The van der Waals surface area contributed by atoms with Gasteiger partial charge in [0.1, 0.15) is 5.82 Å². The normalized spacial score (nSPS) is 16.6. The van der Waals surface area contributed by atoms with Crippen LogP contribution >= 0.6 is 0 Å². The highest BCUT2D eigenvalue weighted by molar-refractivity contribution is 7.89. The van der Waals surface area contributed by atoms with Gasteiger partial charge in [0.05, 0.1) is 4.90 Å². The Balaban J connectivity index is 1.45. The Morgan fingerprint density at radius 2 is 1.48 bits per heavy atom. The van der Waals surface area contributed by atoms with Gasteiger partial charge in [-0.3, -0.25) is 4.90 Å². The molecule has 4 nitrogen and oxygen atoms in total. The quantitative estimate of drug-likeness (QED) is 0.691. The number of sulfonamides is 1. The average Bonchev–Trinajstić information content (AvgIpc) is 2.69. The highest BCUT2D eigenvalue weighted by Gasteiger charge is 2.28.